The van der Waals surface area contributed by atoms with Gasteiger partial charge in [-0.3, -0.25) is 4.79 Å². The summed E-state index contributed by atoms with van der Waals surface area (Å²) in [4.78, 5) is 22.9. The number of esters is 1. The Labute approximate surface area is 115 Å². The minimum absolute atomic E-state index is 0.145. The lowest BCUT2D eigenvalue weighted by molar-refractivity contribution is -0.428. The molecule has 0 bridgehead atoms. The second-order valence-corrected chi connectivity index (χ2v) is 4.12. The molecule has 0 saturated heterocycles. The van der Waals surface area contributed by atoms with Gasteiger partial charge in [-0.2, -0.15) is 8.78 Å². The number of hydrogen-bond donors (Lipinski definition) is 0. The van der Waals surface area contributed by atoms with Crippen molar-refractivity contribution in [2.75, 3.05) is 13.7 Å². The molecule has 1 atom stereocenters. The van der Waals surface area contributed by atoms with Crippen molar-refractivity contribution in [3.63, 3.8) is 0 Å². The molecular weight excluding hydrogens is 268 g/mol. The molecule has 0 saturated carbocycles. The Morgan fingerprint density at radius 1 is 1.35 bits per heavy atom. The van der Waals surface area contributed by atoms with Crippen LogP contribution in [0.3, 0.4) is 0 Å². The Morgan fingerprint density at radius 2 is 1.95 bits per heavy atom. The van der Waals surface area contributed by atoms with Gasteiger partial charge in [0.1, 0.15) is 0 Å². The molecule has 0 amide bonds. The van der Waals surface area contributed by atoms with Gasteiger partial charge < -0.3 is 4.74 Å². The fourth-order valence-corrected chi connectivity index (χ4v) is 1.73. The fraction of sp³-hybridized carbons (Fsp3) is 0.357. The molecule has 0 fully saturated rings. The quantitative estimate of drug-likeness (QED) is 0.593. The first-order valence-corrected chi connectivity index (χ1v) is 6.14. The zero-order valence-electron chi connectivity index (χ0n) is 11.3. The van der Waals surface area contributed by atoms with Crippen molar-refractivity contribution in [3.8, 4) is 0 Å². The van der Waals surface area contributed by atoms with Crippen molar-refractivity contribution in [2.45, 2.75) is 19.3 Å². The smallest absolute Gasteiger partial charge is 0.313 e. The van der Waals surface area contributed by atoms with Crippen LogP contribution >= 0.6 is 0 Å². The second-order valence-electron chi connectivity index (χ2n) is 4.12. The molecule has 1 aromatic rings. The van der Waals surface area contributed by atoms with Gasteiger partial charge in [0.25, 0.3) is 11.8 Å². The van der Waals surface area contributed by atoms with Crippen LogP contribution in [0.1, 0.15) is 24.8 Å². The van der Waals surface area contributed by atoms with E-state index < -0.39 is 18.0 Å². The molecule has 1 rings (SSSR count). The standard InChI is InChI=1S/C14H16F2NO3/c1-3-20-14(18)12(8-9-13(15)16)10-4-6-11(7-5-10)17(2)19/h4-7,9,12H,3,8H2,1-2H3/q+1. The predicted molar refractivity (Wildman–Crippen MR) is 69.9 cm³/mol. The number of rotatable bonds is 6. The van der Waals surface area contributed by atoms with Crippen molar-refractivity contribution >= 4 is 11.7 Å². The number of carbonyl (C=O) groups is 1. The van der Waals surface area contributed by atoms with Crippen LogP contribution in [-0.2, 0) is 9.53 Å². The molecule has 0 heterocycles. The number of hydrogen-bond acceptors (Lipinski definition) is 3. The summed E-state index contributed by atoms with van der Waals surface area (Å²) in [6, 6.07) is 6.19. The lowest BCUT2D eigenvalue weighted by atomic mass is 9.95. The van der Waals surface area contributed by atoms with Gasteiger partial charge in [0.2, 0.25) is 0 Å². The molecule has 0 aliphatic heterocycles. The van der Waals surface area contributed by atoms with Crippen LogP contribution in [0, 0.1) is 4.91 Å². The maximum absolute atomic E-state index is 12.2. The highest BCUT2D eigenvalue weighted by Gasteiger charge is 2.22. The van der Waals surface area contributed by atoms with E-state index in [1.165, 1.54) is 19.2 Å². The molecule has 108 valence electrons. The predicted octanol–water partition coefficient (Wildman–Crippen LogP) is 3.54. The van der Waals surface area contributed by atoms with Crippen molar-refractivity contribution in [1.82, 2.24) is 0 Å². The number of carbonyl (C=O) groups excluding carboxylic acids is 1. The minimum Gasteiger partial charge on any atom is -0.466 e. The zero-order chi connectivity index (χ0) is 15.1. The number of benzene rings is 1. The number of allylic oxidation sites excluding steroid dienone is 1. The van der Waals surface area contributed by atoms with E-state index in [4.69, 9.17) is 4.74 Å². The summed E-state index contributed by atoms with van der Waals surface area (Å²) in [5, 5.41) is 0. The third-order valence-corrected chi connectivity index (χ3v) is 2.74. The van der Waals surface area contributed by atoms with E-state index in [-0.39, 0.29) is 13.0 Å². The summed E-state index contributed by atoms with van der Waals surface area (Å²) in [5.41, 5.74) is 0.954. The summed E-state index contributed by atoms with van der Waals surface area (Å²) in [6.07, 6.45) is -1.29. The Morgan fingerprint density at radius 3 is 2.40 bits per heavy atom. The molecule has 1 unspecified atom stereocenters. The first kappa shape index (κ1) is 15.9. The van der Waals surface area contributed by atoms with Crippen molar-refractivity contribution < 1.29 is 23.1 Å². The molecule has 0 aliphatic carbocycles. The number of ether oxygens (including phenoxy) is 1. The van der Waals surface area contributed by atoms with Crippen LogP contribution in [0.5, 0.6) is 0 Å². The lowest BCUT2D eigenvalue weighted by Crippen LogP contribution is -2.15. The van der Waals surface area contributed by atoms with Gasteiger partial charge in [-0.15, -0.1) is 0 Å². The molecule has 0 spiro atoms. The van der Waals surface area contributed by atoms with Crippen LogP contribution in [0.4, 0.5) is 14.5 Å². The maximum atomic E-state index is 12.2. The van der Waals surface area contributed by atoms with Crippen molar-refractivity contribution in [1.29, 1.82) is 0 Å². The summed E-state index contributed by atoms with van der Waals surface area (Å²) in [7, 11) is 1.35. The molecule has 1 aromatic carbocycles. The van der Waals surface area contributed by atoms with E-state index >= 15 is 0 Å². The minimum atomic E-state index is -1.84. The molecule has 0 radical (unpaired) electrons. The molecule has 20 heavy (non-hydrogen) atoms. The number of nitroso groups, excluding NO2 is 1. The maximum Gasteiger partial charge on any atom is 0.313 e. The van der Waals surface area contributed by atoms with Gasteiger partial charge in [0.05, 0.1) is 12.5 Å². The Balaban J connectivity index is 2.99. The normalized spacial score (nSPS) is 11.6. The van der Waals surface area contributed by atoms with E-state index in [0.717, 1.165) is 0 Å². The average molecular weight is 284 g/mol. The van der Waals surface area contributed by atoms with E-state index in [9.17, 15) is 18.5 Å². The number of halogens is 2. The monoisotopic (exact) mass is 284 g/mol. The summed E-state index contributed by atoms with van der Waals surface area (Å²) in [5.74, 6) is -1.37. The van der Waals surface area contributed by atoms with Gasteiger partial charge in [-0.05, 0) is 25.0 Å². The van der Waals surface area contributed by atoms with Gasteiger partial charge in [-0.1, -0.05) is 12.1 Å². The van der Waals surface area contributed by atoms with Gasteiger partial charge in [0.15, 0.2) is 7.05 Å². The van der Waals surface area contributed by atoms with Crippen LogP contribution in [0.2, 0.25) is 0 Å². The Hall–Kier alpha value is -2.11. The molecule has 0 N–H and O–H groups in total. The highest BCUT2D eigenvalue weighted by molar-refractivity contribution is 5.78. The number of nitrogens with zero attached hydrogens (tertiary/aromatic N) is 1. The van der Waals surface area contributed by atoms with Gasteiger partial charge in [-0.25, -0.2) is 0 Å². The second kappa shape index (κ2) is 7.47. The largest absolute Gasteiger partial charge is 0.466 e. The first-order chi connectivity index (χ1) is 9.45. The van der Waals surface area contributed by atoms with E-state index in [1.54, 1.807) is 19.1 Å². The molecular formula is C14H16F2NO3+. The fourth-order valence-electron chi connectivity index (χ4n) is 1.73. The Kier molecular flexibility index (Phi) is 5.96. The highest BCUT2D eigenvalue weighted by atomic mass is 19.3. The van der Waals surface area contributed by atoms with Crippen LogP contribution in [0.25, 0.3) is 0 Å². The third-order valence-electron chi connectivity index (χ3n) is 2.74. The summed E-state index contributed by atoms with van der Waals surface area (Å²) >= 11 is 0. The van der Waals surface area contributed by atoms with E-state index in [0.29, 0.717) is 22.1 Å². The zero-order valence-corrected chi connectivity index (χ0v) is 11.3. The van der Waals surface area contributed by atoms with Crippen LogP contribution in [-0.4, -0.2) is 24.4 Å². The molecule has 4 nitrogen and oxygen atoms in total. The first-order valence-electron chi connectivity index (χ1n) is 6.14. The molecule has 0 aliphatic rings. The summed E-state index contributed by atoms with van der Waals surface area (Å²) < 4.78 is 29.9. The van der Waals surface area contributed by atoms with Gasteiger partial charge >= 0.3 is 5.97 Å². The molecule has 6 heteroatoms. The van der Waals surface area contributed by atoms with E-state index in [2.05, 4.69) is 0 Å². The van der Waals surface area contributed by atoms with Gasteiger partial charge in [0, 0.05) is 21.8 Å². The average Bonchev–Trinajstić information content (AvgIpc) is 2.39. The highest BCUT2D eigenvalue weighted by Crippen LogP contribution is 2.25. The Bertz CT molecular complexity index is 508. The lowest BCUT2D eigenvalue weighted by Gasteiger charge is -2.13. The van der Waals surface area contributed by atoms with Crippen molar-refractivity contribution in [3.05, 3.63) is 46.9 Å². The van der Waals surface area contributed by atoms with Crippen LogP contribution < -0.4 is 0 Å². The van der Waals surface area contributed by atoms with Crippen molar-refractivity contribution in [2.24, 2.45) is 0 Å². The van der Waals surface area contributed by atoms with Crippen LogP contribution in [0.15, 0.2) is 36.4 Å². The van der Waals surface area contributed by atoms with E-state index in [1.807, 2.05) is 0 Å². The molecule has 0 aromatic heterocycles. The third kappa shape index (κ3) is 4.53. The SMILES string of the molecule is CCOC(=O)C(CC=C(F)F)c1ccc([N+](C)=O)cc1. The summed E-state index contributed by atoms with van der Waals surface area (Å²) in [6.45, 7) is 1.83. The topological polar surface area (TPSA) is 46.4 Å².